The fourth-order valence-corrected chi connectivity index (χ4v) is 0.224. The van der Waals surface area contributed by atoms with Gasteiger partial charge in [0, 0.05) is 6.61 Å². The number of rotatable bonds is 2. The van der Waals surface area contributed by atoms with Crippen molar-refractivity contribution in [2.45, 2.75) is 20.8 Å². The smallest absolute Gasteiger partial charge is 1.00 e. The molecule has 0 saturated carbocycles. The van der Waals surface area contributed by atoms with Gasteiger partial charge in [0.25, 0.3) is 0 Å². The third-order valence-corrected chi connectivity index (χ3v) is 0.447. The van der Waals surface area contributed by atoms with E-state index in [0.29, 0.717) is 0 Å². The SMILES string of the molecule is CCO.CC[N-]CC.[Cl-].[Cl-].[Ti+3]. The van der Waals surface area contributed by atoms with E-state index in [0.717, 1.165) is 13.1 Å². The molecule has 0 aliphatic carbocycles. The van der Waals surface area contributed by atoms with Crippen molar-refractivity contribution in [1.29, 1.82) is 0 Å². The minimum atomic E-state index is 0. The number of halogens is 2. The molecule has 0 rings (SSSR count). The Morgan fingerprint density at radius 1 is 1.00 bits per heavy atom. The van der Waals surface area contributed by atoms with Gasteiger partial charge in [-0.2, -0.15) is 13.1 Å². The fourth-order valence-electron chi connectivity index (χ4n) is 0.224. The Bertz CT molecular complexity index is 34.5. The average Bonchev–Trinajstić information content (AvgIpc) is 1.71. The molecule has 0 atom stereocenters. The largest absolute Gasteiger partial charge is 3.00 e. The maximum Gasteiger partial charge on any atom is 3.00 e. The van der Waals surface area contributed by atoms with Crippen LogP contribution in [-0.4, -0.2) is 24.8 Å². The van der Waals surface area contributed by atoms with Crippen LogP contribution in [0.1, 0.15) is 20.8 Å². The first-order valence-electron chi connectivity index (χ1n) is 3.07. The summed E-state index contributed by atoms with van der Waals surface area (Å²) >= 11 is 0. The standard InChI is InChI=1S/C4H10N.C2H6O.2ClH.Ti/c1-3-5-4-2;1-2-3;;;/h3-4H2,1-2H3;3H,2H2,1H3;2*1H;/q-1;;;;+3/p-2. The molecule has 0 aliphatic heterocycles. The van der Waals surface area contributed by atoms with E-state index >= 15 is 0 Å². The zero-order chi connectivity index (χ0) is 6.83. The van der Waals surface area contributed by atoms with Crippen molar-refractivity contribution in [3.63, 3.8) is 0 Å². The van der Waals surface area contributed by atoms with Crippen molar-refractivity contribution in [3.05, 3.63) is 5.32 Å². The van der Waals surface area contributed by atoms with Crippen LogP contribution in [-0.2, 0) is 21.7 Å². The number of aliphatic hydroxyl groups is 1. The first kappa shape index (κ1) is 29.5. The topological polar surface area (TPSA) is 34.3 Å². The Morgan fingerprint density at radius 3 is 1.18 bits per heavy atom. The van der Waals surface area contributed by atoms with Gasteiger partial charge in [-0.05, 0) is 6.92 Å². The monoisotopic (exact) mass is 236 g/mol. The van der Waals surface area contributed by atoms with Crippen molar-refractivity contribution >= 4 is 0 Å². The molecule has 0 fully saturated rings. The summed E-state index contributed by atoms with van der Waals surface area (Å²) in [6.07, 6.45) is 0. The number of hydrogen-bond donors (Lipinski definition) is 1. The predicted octanol–water partition coefficient (Wildman–Crippen LogP) is -4.60. The van der Waals surface area contributed by atoms with E-state index in [4.69, 9.17) is 5.11 Å². The molecule has 0 aromatic heterocycles. The number of nitrogens with zero attached hydrogens (tertiary/aromatic N) is 1. The molecule has 0 aromatic rings. The molecule has 0 heterocycles. The van der Waals surface area contributed by atoms with E-state index in [9.17, 15) is 0 Å². The molecule has 0 spiro atoms. The summed E-state index contributed by atoms with van der Waals surface area (Å²) in [6.45, 7) is 7.96. The van der Waals surface area contributed by atoms with Gasteiger partial charge < -0.3 is 35.2 Å². The van der Waals surface area contributed by atoms with Gasteiger partial charge in [0.15, 0.2) is 0 Å². The van der Waals surface area contributed by atoms with Crippen LogP contribution in [0.25, 0.3) is 5.32 Å². The van der Waals surface area contributed by atoms with E-state index in [1.165, 1.54) is 0 Å². The second kappa shape index (κ2) is 43.0. The van der Waals surface area contributed by atoms with Gasteiger partial charge in [0.05, 0.1) is 0 Å². The Kier molecular flexibility index (Phi) is 115. The summed E-state index contributed by atoms with van der Waals surface area (Å²) in [5, 5.41) is 11.5. The van der Waals surface area contributed by atoms with Gasteiger partial charge in [-0.3, -0.25) is 0 Å². The van der Waals surface area contributed by atoms with E-state index in [1.807, 2.05) is 13.8 Å². The summed E-state index contributed by atoms with van der Waals surface area (Å²) in [6, 6.07) is 0. The zero-order valence-electron chi connectivity index (χ0n) is 7.27. The van der Waals surface area contributed by atoms with Crippen LogP contribution in [0.15, 0.2) is 0 Å². The third kappa shape index (κ3) is 92.2. The Balaban J connectivity index is -0.0000000183. The summed E-state index contributed by atoms with van der Waals surface area (Å²) in [4.78, 5) is 0. The molecule has 0 amide bonds. The summed E-state index contributed by atoms with van der Waals surface area (Å²) in [5.41, 5.74) is 0. The van der Waals surface area contributed by atoms with Gasteiger partial charge in [-0.1, -0.05) is 13.8 Å². The third-order valence-electron chi connectivity index (χ3n) is 0.447. The van der Waals surface area contributed by atoms with Crippen LogP contribution in [0.3, 0.4) is 0 Å². The zero-order valence-corrected chi connectivity index (χ0v) is 10.3. The Morgan fingerprint density at radius 2 is 1.18 bits per heavy atom. The van der Waals surface area contributed by atoms with Crippen LogP contribution in [0.4, 0.5) is 0 Å². The molecule has 0 aromatic carbocycles. The van der Waals surface area contributed by atoms with Crippen LogP contribution in [0.5, 0.6) is 0 Å². The average molecular weight is 237 g/mol. The minimum Gasteiger partial charge on any atom is -1.00 e. The molecule has 11 heavy (non-hydrogen) atoms. The normalized spacial score (nSPS) is 5.45. The molecule has 0 saturated heterocycles. The molecule has 0 unspecified atom stereocenters. The van der Waals surface area contributed by atoms with Gasteiger partial charge in [-0.15, -0.1) is 0 Å². The van der Waals surface area contributed by atoms with Crippen molar-refractivity contribution < 1.29 is 51.6 Å². The van der Waals surface area contributed by atoms with Crippen molar-refractivity contribution in [3.8, 4) is 0 Å². The van der Waals surface area contributed by atoms with Crippen molar-refractivity contribution in [1.82, 2.24) is 0 Å². The number of hydrogen-bond acceptors (Lipinski definition) is 1. The molecule has 2 nitrogen and oxygen atoms in total. The molecule has 0 bridgehead atoms. The van der Waals surface area contributed by atoms with Crippen molar-refractivity contribution in [2.24, 2.45) is 0 Å². The molecule has 5 heteroatoms. The molecule has 1 radical (unpaired) electrons. The Labute approximate surface area is 97.2 Å². The van der Waals surface area contributed by atoms with Gasteiger partial charge in [-0.25, -0.2) is 0 Å². The minimum absolute atomic E-state index is 0. The quantitative estimate of drug-likeness (QED) is 0.482. The van der Waals surface area contributed by atoms with Crippen LogP contribution in [0, 0.1) is 0 Å². The first-order chi connectivity index (χ1) is 3.83. The van der Waals surface area contributed by atoms with Crippen molar-refractivity contribution in [2.75, 3.05) is 19.7 Å². The molecule has 1 N–H and O–H groups in total. The van der Waals surface area contributed by atoms with Gasteiger partial charge in [0.1, 0.15) is 0 Å². The maximum absolute atomic E-state index is 7.57. The van der Waals surface area contributed by atoms with E-state index < -0.39 is 0 Å². The summed E-state index contributed by atoms with van der Waals surface area (Å²) in [5.74, 6) is 0. The molecular formula is C6H16Cl2NOTi. The fraction of sp³-hybridized carbons (Fsp3) is 1.00. The molecule has 0 aliphatic rings. The van der Waals surface area contributed by atoms with Gasteiger partial charge in [0.2, 0.25) is 0 Å². The van der Waals surface area contributed by atoms with Gasteiger partial charge >= 0.3 is 21.7 Å². The number of aliphatic hydroxyl groups excluding tert-OH is 1. The van der Waals surface area contributed by atoms with Crippen LogP contribution < -0.4 is 24.8 Å². The van der Waals surface area contributed by atoms with E-state index in [1.54, 1.807) is 6.92 Å². The molecular weight excluding hydrogens is 221 g/mol. The maximum atomic E-state index is 7.57. The van der Waals surface area contributed by atoms with E-state index in [2.05, 4.69) is 5.32 Å². The Hall–Kier alpha value is 1.21. The van der Waals surface area contributed by atoms with Crippen LogP contribution >= 0.6 is 0 Å². The second-order valence-corrected chi connectivity index (χ2v) is 1.17. The predicted molar refractivity (Wildman–Crippen MR) is 37.2 cm³/mol. The summed E-state index contributed by atoms with van der Waals surface area (Å²) in [7, 11) is 0. The first-order valence-corrected chi connectivity index (χ1v) is 3.07. The van der Waals surface area contributed by atoms with Crippen LogP contribution in [0.2, 0.25) is 0 Å². The summed E-state index contributed by atoms with van der Waals surface area (Å²) < 4.78 is 0. The molecule has 69 valence electrons. The van der Waals surface area contributed by atoms with E-state index in [-0.39, 0.29) is 53.1 Å². The second-order valence-electron chi connectivity index (χ2n) is 1.17.